The molecule has 20 heavy (non-hydrogen) atoms. The van der Waals surface area contributed by atoms with Gasteiger partial charge >= 0.3 is 0 Å². The average Bonchev–Trinajstić information content (AvgIpc) is 2.82. The fraction of sp³-hybridized carbons (Fsp3) is 0.214. The van der Waals surface area contributed by atoms with Crippen molar-refractivity contribution in [2.24, 2.45) is 10.7 Å². The molecule has 0 unspecified atom stereocenters. The van der Waals surface area contributed by atoms with E-state index in [0.717, 1.165) is 0 Å². The number of nitrogens with two attached hydrogens (primary N) is 1. The molecule has 0 fully saturated rings. The number of hydrogen-bond acceptors (Lipinski definition) is 5. The van der Waals surface area contributed by atoms with Crippen molar-refractivity contribution in [2.75, 3.05) is 0 Å². The number of aromatic nitrogens is 2. The zero-order valence-electron chi connectivity index (χ0n) is 11.3. The van der Waals surface area contributed by atoms with Crippen LogP contribution in [-0.4, -0.2) is 15.9 Å². The van der Waals surface area contributed by atoms with Crippen LogP contribution in [0.15, 0.2) is 45.4 Å². The molecule has 1 aromatic heterocycles. The predicted octanol–water partition coefficient (Wildman–Crippen LogP) is 2.37. The van der Waals surface area contributed by atoms with Crippen LogP contribution in [0.4, 0.5) is 4.39 Å². The molecule has 0 aliphatic carbocycles. The number of allylic oxidation sites excluding steroid dienone is 2. The molecule has 0 aliphatic rings. The summed E-state index contributed by atoms with van der Waals surface area (Å²) in [6, 6.07) is 6.46. The second-order valence-corrected chi connectivity index (χ2v) is 4.31. The van der Waals surface area contributed by atoms with Crippen molar-refractivity contribution in [3.05, 3.63) is 59.2 Å². The highest BCUT2D eigenvalue weighted by molar-refractivity contribution is 6.05. The molecule has 0 saturated carbocycles. The first-order valence-electron chi connectivity index (χ1n) is 6.08. The van der Waals surface area contributed by atoms with Crippen LogP contribution in [0.1, 0.15) is 24.3 Å². The minimum absolute atomic E-state index is 0.174. The molecule has 0 amide bonds. The Labute approximate surface area is 116 Å². The quantitative estimate of drug-likeness (QED) is 0.868. The molecule has 0 aliphatic heterocycles. The van der Waals surface area contributed by atoms with Gasteiger partial charge in [0.05, 0.1) is 6.54 Å². The highest BCUT2D eigenvalue weighted by Crippen LogP contribution is 2.10. The van der Waals surface area contributed by atoms with E-state index < -0.39 is 0 Å². The fourth-order valence-electron chi connectivity index (χ4n) is 1.59. The average molecular weight is 274 g/mol. The van der Waals surface area contributed by atoms with E-state index in [2.05, 4.69) is 15.2 Å². The third-order valence-electron chi connectivity index (χ3n) is 2.49. The minimum Gasteiger partial charge on any atom is -0.420 e. The van der Waals surface area contributed by atoms with Crippen LogP contribution in [0, 0.1) is 12.7 Å². The maximum atomic E-state index is 13.5. The molecule has 0 atom stereocenters. The Bertz CT molecular complexity index is 657. The molecule has 5 nitrogen and oxygen atoms in total. The van der Waals surface area contributed by atoms with Crippen LogP contribution in [0.5, 0.6) is 0 Å². The number of aryl methyl sites for hydroxylation is 1. The lowest BCUT2D eigenvalue weighted by molar-refractivity contribution is 0.510. The molecule has 104 valence electrons. The van der Waals surface area contributed by atoms with Gasteiger partial charge in [0.2, 0.25) is 5.89 Å². The minimum atomic E-state index is -0.300. The summed E-state index contributed by atoms with van der Waals surface area (Å²) in [5, 5.41) is 7.64. The molecule has 0 radical (unpaired) electrons. The van der Waals surface area contributed by atoms with E-state index in [-0.39, 0.29) is 18.3 Å². The first kappa shape index (κ1) is 13.9. The molecule has 1 aromatic carbocycles. The summed E-state index contributed by atoms with van der Waals surface area (Å²) in [6.45, 7) is 3.58. The summed E-state index contributed by atoms with van der Waals surface area (Å²) in [5.74, 6) is 0.399. The topological polar surface area (TPSA) is 77.3 Å². The number of halogens is 1. The zero-order chi connectivity index (χ0) is 14.5. The number of rotatable bonds is 4. The van der Waals surface area contributed by atoms with Crippen molar-refractivity contribution >= 4 is 5.71 Å². The van der Waals surface area contributed by atoms with Crippen molar-refractivity contribution in [1.82, 2.24) is 10.2 Å². The smallest absolute Gasteiger partial charge is 0.265 e. The molecule has 0 bridgehead atoms. The SMILES string of the molecule is CC(N)=CC(=NCc1ccccc1F)c1nnc(C)o1. The third-order valence-corrected chi connectivity index (χ3v) is 2.49. The van der Waals surface area contributed by atoms with E-state index in [9.17, 15) is 4.39 Å². The van der Waals surface area contributed by atoms with Gasteiger partial charge in [-0.25, -0.2) is 4.39 Å². The summed E-state index contributed by atoms with van der Waals surface area (Å²) < 4.78 is 18.9. The highest BCUT2D eigenvalue weighted by Gasteiger charge is 2.09. The van der Waals surface area contributed by atoms with E-state index in [4.69, 9.17) is 10.2 Å². The van der Waals surface area contributed by atoms with E-state index in [1.807, 2.05) is 0 Å². The van der Waals surface area contributed by atoms with Crippen LogP contribution in [0.2, 0.25) is 0 Å². The molecular formula is C14H15FN4O. The maximum Gasteiger partial charge on any atom is 0.265 e. The summed E-state index contributed by atoms with van der Waals surface area (Å²) >= 11 is 0. The lowest BCUT2D eigenvalue weighted by atomic mass is 10.2. The van der Waals surface area contributed by atoms with Gasteiger partial charge in [-0.2, -0.15) is 0 Å². The lowest BCUT2D eigenvalue weighted by Gasteiger charge is -2.00. The van der Waals surface area contributed by atoms with Gasteiger partial charge < -0.3 is 10.2 Å². The summed E-state index contributed by atoms with van der Waals surface area (Å²) in [5.41, 5.74) is 7.13. The van der Waals surface area contributed by atoms with Crippen LogP contribution >= 0.6 is 0 Å². The largest absolute Gasteiger partial charge is 0.420 e. The summed E-state index contributed by atoms with van der Waals surface area (Å²) in [6.07, 6.45) is 1.62. The molecule has 2 rings (SSSR count). The lowest BCUT2D eigenvalue weighted by Crippen LogP contribution is -2.03. The third kappa shape index (κ3) is 3.50. The van der Waals surface area contributed by atoms with Crippen LogP contribution in [0.3, 0.4) is 0 Å². The second kappa shape index (κ2) is 6.10. The molecule has 0 saturated heterocycles. The fourth-order valence-corrected chi connectivity index (χ4v) is 1.59. The van der Waals surface area contributed by atoms with Gasteiger partial charge in [0.1, 0.15) is 11.5 Å². The Morgan fingerprint density at radius 3 is 2.75 bits per heavy atom. The number of aliphatic imine (C=N–C) groups is 1. The Balaban J connectivity index is 2.30. The van der Waals surface area contributed by atoms with Crippen LogP contribution in [0.25, 0.3) is 0 Å². The molecule has 0 spiro atoms. The zero-order valence-corrected chi connectivity index (χ0v) is 11.3. The van der Waals surface area contributed by atoms with E-state index >= 15 is 0 Å². The van der Waals surface area contributed by atoms with Crippen LogP contribution < -0.4 is 5.73 Å². The highest BCUT2D eigenvalue weighted by atomic mass is 19.1. The normalized spacial score (nSPS) is 12.8. The van der Waals surface area contributed by atoms with E-state index in [1.165, 1.54) is 6.07 Å². The molecule has 1 heterocycles. The van der Waals surface area contributed by atoms with Gasteiger partial charge in [-0.3, -0.25) is 4.99 Å². The van der Waals surface area contributed by atoms with Gasteiger partial charge in [0.25, 0.3) is 5.89 Å². The molecule has 6 heteroatoms. The monoisotopic (exact) mass is 274 g/mol. The van der Waals surface area contributed by atoms with Crippen molar-refractivity contribution in [3.8, 4) is 0 Å². The van der Waals surface area contributed by atoms with E-state index in [0.29, 0.717) is 22.9 Å². The summed E-state index contributed by atoms with van der Waals surface area (Å²) in [4.78, 5) is 4.30. The first-order valence-corrected chi connectivity index (χ1v) is 6.08. The summed E-state index contributed by atoms with van der Waals surface area (Å²) in [7, 11) is 0. The van der Waals surface area contributed by atoms with Crippen LogP contribution in [-0.2, 0) is 6.54 Å². The van der Waals surface area contributed by atoms with Gasteiger partial charge in [0, 0.05) is 18.2 Å². The van der Waals surface area contributed by atoms with Crippen molar-refractivity contribution in [2.45, 2.75) is 20.4 Å². The predicted molar refractivity (Wildman–Crippen MR) is 73.6 cm³/mol. The number of benzene rings is 1. The van der Waals surface area contributed by atoms with Crippen molar-refractivity contribution in [1.29, 1.82) is 0 Å². The Kier molecular flexibility index (Phi) is 4.24. The van der Waals surface area contributed by atoms with Crippen molar-refractivity contribution in [3.63, 3.8) is 0 Å². The van der Waals surface area contributed by atoms with Crippen molar-refractivity contribution < 1.29 is 8.81 Å². The Morgan fingerprint density at radius 2 is 2.15 bits per heavy atom. The Hall–Kier alpha value is -2.50. The van der Waals surface area contributed by atoms with Gasteiger partial charge in [-0.1, -0.05) is 18.2 Å². The second-order valence-electron chi connectivity index (χ2n) is 4.31. The molecule has 2 N–H and O–H groups in total. The number of nitrogens with zero attached hydrogens (tertiary/aromatic N) is 3. The number of hydrogen-bond donors (Lipinski definition) is 1. The molecular weight excluding hydrogens is 259 g/mol. The Morgan fingerprint density at radius 1 is 1.40 bits per heavy atom. The maximum absolute atomic E-state index is 13.5. The van der Waals surface area contributed by atoms with Gasteiger partial charge in [-0.05, 0) is 19.1 Å². The van der Waals surface area contributed by atoms with Gasteiger partial charge in [-0.15, -0.1) is 10.2 Å². The van der Waals surface area contributed by atoms with E-state index in [1.54, 1.807) is 38.1 Å². The standard InChI is InChI=1S/C14H15FN4O/c1-9(16)7-13(14-19-18-10(2)20-14)17-8-11-5-3-4-6-12(11)15/h3-7H,8,16H2,1-2H3. The van der Waals surface area contributed by atoms with Gasteiger partial charge in [0.15, 0.2) is 0 Å². The molecule has 2 aromatic rings. The first-order chi connectivity index (χ1) is 9.56.